The number of rotatable bonds is 9. The minimum Gasteiger partial charge on any atom is -0.358 e. The first kappa shape index (κ1) is 25.7. The molecule has 0 radical (unpaired) electrons. The molecule has 1 aromatic heterocycles. The van der Waals surface area contributed by atoms with Crippen LogP contribution in [0.15, 0.2) is 40.0 Å². The third kappa shape index (κ3) is 5.11. The fourth-order valence-corrected chi connectivity index (χ4v) is 5.50. The Balaban J connectivity index is 1.98. The number of benzene rings is 1. The zero-order chi connectivity index (χ0) is 24.8. The van der Waals surface area contributed by atoms with Gasteiger partial charge in [0.2, 0.25) is 0 Å². The normalized spacial score (nSPS) is 14.7. The summed E-state index contributed by atoms with van der Waals surface area (Å²) in [7, 11) is 0. The van der Waals surface area contributed by atoms with Crippen molar-refractivity contribution in [3.63, 3.8) is 0 Å². The number of hydrogen-bond donors (Lipinski definition) is 0. The number of aryl methyl sites for hydroxylation is 1. The maximum atomic E-state index is 13.3. The first-order valence-corrected chi connectivity index (χ1v) is 12.8. The quantitative estimate of drug-likeness (QED) is 0.371. The third-order valence-electron chi connectivity index (χ3n) is 6.06. The molecule has 178 valence electrons. The van der Waals surface area contributed by atoms with Crippen molar-refractivity contribution < 1.29 is 4.79 Å². The minimum atomic E-state index is -0.296. The van der Waals surface area contributed by atoms with Gasteiger partial charge in [0.25, 0.3) is 11.5 Å². The summed E-state index contributed by atoms with van der Waals surface area (Å²) < 4.78 is 2.17. The van der Waals surface area contributed by atoms with Crippen LogP contribution in [-0.2, 0) is 17.8 Å². The second-order valence-corrected chi connectivity index (χ2v) is 9.67. The van der Waals surface area contributed by atoms with Crippen LogP contribution < -0.4 is 10.5 Å². The average molecular weight is 495 g/mol. The lowest BCUT2D eigenvalue weighted by atomic mass is 10.0. The summed E-state index contributed by atoms with van der Waals surface area (Å²) in [5.41, 5.74) is 2.37. The van der Waals surface area contributed by atoms with E-state index in [1.807, 2.05) is 45.0 Å². The fourth-order valence-electron chi connectivity index (χ4n) is 4.21. The van der Waals surface area contributed by atoms with Crippen LogP contribution in [0, 0.1) is 18.3 Å². The predicted octanol–water partition coefficient (Wildman–Crippen LogP) is 4.73. The van der Waals surface area contributed by atoms with E-state index in [9.17, 15) is 14.9 Å². The molecule has 1 aliphatic rings. The number of thiocarbonyl (C=S) groups is 1. The van der Waals surface area contributed by atoms with Gasteiger partial charge in [-0.05, 0) is 57.7 Å². The first-order valence-electron chi connectivity index (χ1n) is 11.6. The number of hydrogen-bond acceptors (Lipinski definition) is 6. The molecule has 1 aromatic carbocycles. The van der Waals surface area contributed by atoms with Crippen molar-refractivity contribution in [2.45, 2.75) is 47.1 Å². The number of anilines is 1. The van der Waals surface area contributed by atoms with Crippen LogP contribution in [-0.4, -0.2) is 39.3 Å². The fraction of sp³-hybridized carbons (Fsp3) is 0.385. The molecule has 1 amide bonds. The summed E-state index contributed by atoms with van der Waals surface area (Å²) in [6.45, 7) is 10.1. The van der Waals surface area contributed by atoms with Crippen molar-refractivity contribution in [1.82, 2.24) is 9.47 Å². The zero-order valence-corrected chi connectivity index (χ0v) is 21.8. The van der Waals surface area contributed by atoms with Gasteiger partial charge in [0.05, 0.1) is 4.91 Å². The predicted molar refractivity (Wildman–Crippen MR) is 144 cm³/mol. The number of carbonyl (C=O) groups is 1. The molecule has 0 bridgehead atoms. The molecular formula is C26H30N4O2S2. The van der Waals surface area contributed by atoms with Crippen LogP contribution in [0.2, 0.25) is 0 Å². The summed E-state index contributed by atoms with van der Waals surface area (Å²) in [6.07, 6.45) is 3.49. The molecule has 0 aliphatic carbocycles. The number of pyridine rings is 1. The second kappa shape index (κ2) is 11.5. The number of nitrogens with zero attached hydrogens (tertiary/aromatic N) is 4. The molecule has 3 rings (SSSR count). The highest BCUT2D eigenvalue weighted by molar-refractivity contribution is 8.26. The topological polar surface area (TPSA) is 69.3 Å². The van der Waals surface area contributed by atoms with E-state index in [4.69, 9.17) is 12.2 Å². The molecule has 2 heterocycles. The maximum absolute atomic E-state index is 13.3. The van der Waals surface area contributed by atoms with Crippen molar-refractivity contribution in [1.29, 1.82) is 5.26 Å². The summed E-state index contributed by atoms with van der Waals surface area (Å²) >= 11 is 6.81. The molecule has 8 heteroatoms. The smallest absolute Gasteiger partial charge is 0.270 e. The first-order chi connectivity index (χ1) is 16.4. The molecule has 1 aliphatic heterocycles. The van der Waals surface area contributed by atoms with Crippen LogP contribution in [0.5, 0.6) is 0 Å². The summed E-state index contributed by atoms with van der Waals surface area (Å²) in [4.78, 5) is 30.5. The zero-order valence-electron chi connectivity index (χ0n) is 20.1. The molecule has 2 aromatic rings. The molecule has 6 nitrogen and oxygen atoms in total. The number of thioether (sulfide) groups is 1. The van der Waals surface area contributed by atoms with Crippen molar-refractivity contribution in [2.24, 2.45) is 0 Å². The molecule has 0 N–H and O–H groups in total. The van der Waals surface area contributed by atoms with E-state index in [0.29, 0.717) is 41.0 Å². The molecule has 0 saturated carbocycles. The molecule has 1 saturated heterocycles. The molecule has 1 fully saturated rings. The Morgan fingerprint density at radius 1 is 1.15 bits per heavy atom. The van der Waals surface area contributed by atoms with Crippen LogP contribution in [0.1, 0.15) is 49.4 Å². The Morgan fingerprint density at radius 3 is 2.41 bits per heavy atom. The number of aromatic nitrogens is 1. The van der Waals surface area contributed by atoms with Gasteiger partial charge in [0, 0.05) is 31.7 Å². The highest BCUT2D eigenvalue weighted by Gasteiger charge is 2.32. The summed E-state index contributed by atoms with van der Waals surface area (Å²) in [6, 6.07) is 12.2. The maximum Gasteiger partial charge on any atom is 0.270 e. The Hall–Kier alpha value is -2.89. The van der Waals surface area contributed by atoms with Crippen LogP contribution >= 0.6 is 24.0 Å². The van der Waals surface area contributed by atoms with Gasteiger partial charge in [-0.25, -0.2) is 0 Å². The van der Waals surface area contributed by atoms with E-state index >= 15 is 0 Å². The summed E-state index contributed by atoms with van der Waals surface area (Å²) in [5.74, 6) is 0.615. The summed E-state index contributed by atoms with van der Waals surface area (Å²) in [5, 5.41) is 9.68. The molecule has 0 spiro atoms. The number of carbonyl (C=O) groups excluding carboxylic acids is 1. The standard InChI is InChI=1S/C26H30N4O2S2/c1-5-28(6-2)23-20(18(4)21(17-27)24(31)29(23)7-3)16-22-25(32)30(26(33)34-22)15-11-14-19-12-9-8-10-13-19/h8-10,12-13,16H,5-7,11,14-15H2,1-4H3. The molecule has 0 atom stereocenters. The van der Waals surface area contributed by atoms with Crippen LogP contribution in [0.4, 0.5) is 5.82 Å². The Bertz CT molecular complexity index is 1210. The van der Waals surface area contributed by atoms with Crippen LogP contribution in [0.25, 0.3) is 6.08 Å². The van der Waals surface area contributed by atoms with Crippen molar-refractivity contribution in [2.75, 3.05) is 24.5 Å². The highest BCUT2D eigenvalue weighted by Crippen LogP contribution is 2.36. The lowest BCUT2D eigenvalue weighted by Crippen LogP contribution is -2.34. The van der Waals surface area contributed by atoms with Gasteiger partial charge in [-0.3, -0.25) is 19.1 Å². The largest absolute Gasteiger partial charge is 0.358 e. The van der Waals surface area contributed by atoms with E-state index in [1.165, 1.54) is 17.3 Å². The van der Waals surface area contributed by atoms with Gasteiger partial charge in [0.15, 0.2) is 0 Å². The molecule has 34 heavy (non-hydrogen) atoms. The van der Waals surface area contributed by atoms with E-state index in [-0.39, 0.29) is 17.0 Å². The van der Waals surface area contributed by atoms with Gasteiger partial charge in [0.1, 0.15) is 21.8 Å². The van der Waals surface area contributed by atoms with Gasteiger partial charge < -0.3 is 4.90 Å². The lowest BCUT2D eigenvalue weighted by molar-refractivity contribution is -0.122. The molecular weight excluding hydrogens is 464 g/mol. The highest BCUT2D eigenvalue weighted by atomic mass is 32.2. The minimum absolute atomic E-state index is 0.113. The Kier molecular flexibility index (Phi) is 8.70. The number of amides is 1. The van der Waals surface area contributed by atoms with E-state index in [0.717, 1.165) is 24.2 Å². The average Bonchev–Trinajstić information content (AvgIpc) is 3.10. The van der Waals surface area contributed by atoms with E-state index < -0.39 is 0 Å². The van der Waals surface area contributed by atoms with Gasteiger partial charge in [-0.2, -0.15) is 5.26 Å². The van der Waals surface area contributed by atoms with Gasteiger partial charge in [-0.1, -0.05) is 54.3 Å². The van der Waals surface area contributed by atoms with Gasteiger partial charge >= 0.3 is 0 Å². The third-order valence-corrected chi connectivity index (χ3v) is 7.44. The van der Waals surface area contributed by atoms with Crippen molar-refractivity contribution >= 4 is 46.1 Å². The van der Waals surface area contributed by atoms with Crippen molar-refractivity contribution in [3.8, 4) is 6.07 Å². The monoisotopic (exact) mass is 494 g/mol. The van der Waals surface area contributed by atoms with E-state index in [1.54, 1.807) is 16.4 Å². The lowest BCUT2D eigenvalue weighted by Gasteiger charge is -2.28. The van der Waals surface area contributed by atoms with Crippen molar-refractivity contribution in [3.05, 3.63) is 67.8 Å². The number of nitriles is 1. The molecule has 0 unspecified atom stereocenters. The Morgan fingerprint density at radius 2 is 1.82 bits per heavy atom. The second-order valence-electron chi connectivity index (χ2n) is 7.99. The SMILES string of the molecule is CCN(CC)c1c(C=C2SC(=S)N(CCCc3ccccc3)C2=O)c(C)c(C#N)c(=O)n1CC. The van der Waals surface area contributed by atoms with E-state index in [2.05, 4.69) is 23.1 Å². The van der Waals surface area contributed by atoms with Gasteiger partial charge in [-0.15, -0.1) is 0 Å². The van der Waals surface area contributed by atoms with Crippen LogP contribution in [0.3, 0.4) is 0 Å². The Labute approximate surface area is 210 Å².